The van der Waals surface area contributed by atoms with Gasteiger partial charge in [0, 0.05) is 6.42 Å². The number of carbonyl (C=O) groups is 1. The Morgan fingerprint density at radius 1 is 1.44 bits per heavy atom. The number of hydrogen-bond acceptors (Lipinski definition) is 3. The molecule has 18 heavy (non-hydrogen) atoms. The van der Waals surface area contributed by atoms with Gasteiger partial charge >= 0.3 is 5.97 Å². The van der Waals surface area contributed by atoms with E-state index in [-0.39, 0.29) is 5.97 Å². The number of hydrogen-bond donors (Lipinski definition) is 1. The molecule has 0 radical (unpaired) electrons. The molecular formula is C14H18N2O2. The van der Waals surface area contributed by atoms with E-state index in [1.54, 1.807) is 6.07 Å². The summed E-state index contributed by atoms with van der Waals surface area (Å²) in [5.41, 5.74) is 3.40. The molecule has 2 rings (SSSR count). The van der Waals surface area contributed by atoms with Crippen LogP contribution >= 0.6 is 0 Å². The number of aromatic amines is 1. The first-order valence-electron chi connectivity index (χ1n) is 6.23. The first-order valence-corrected chi connectivity index (χ1v) is 6.23. The van der Waals surface area contributed by atoms with Gasteiger partial charge in [0.1, 0.15) is 5.82 Å². The van der Waals surface area contributed by atoms with E-state index in [4.69, 9.17) is 4.74 Å². The summed E-state index contributed by atoms with van der Waals surface area (Å²) in [5.74, 6) is 0.668. The van der Waals surface area contributed by atoms with E-state index < -0.39 is 0 Å². The van der Waals surface area contributed by atoms with Crippen molar-refractivity contribution < 1.29 is 9.53 Å². The van der Waals surface area contributed by atoms with Gasteiger partial charge in [-0.25, -0.2) is 9.78 Å². The van der Waals surface area contributed by atoms with Crippen molar-refractivity contribution in [3.8, 4) is 0 Å². The molecule has 0 aliphatic carbocycles. The number of imidazole rings is 1. The average Bonchev–Trinajstić information content (AvgIpc) is 2.78. The minimum atomic E-state index is -0.315. The molecule has 0 aliphatic rings. The highest BCUT2D eigenvalue weighted by atomic mass is 16.5. The number of fused-ring (bicyclic) bond motifs is 1. The summed E-state index contributed by atoms with van der Waals surface area (Å²) in [4.78, 5) is 19.4. The Labute approximate surface area is 106 Å². The van der Waals surface area contributed by atoms with Crippen LogP contribution < -0.4 is 0 Å². The van der Waals surface area contributed by atoms with Crippen molar-refractivity contribution in [1.29, 1.82) is 0 Å². The molecule has 4 nitrogen and oxygen atoms in total. The number of carbonyl (C=O) groups excluding carboxylic acids is 1. The van der Waals surface area contributed by atoms with Gasteiger partial charge in [-0.2, -0.15) is 0 Å². The lowest BCUT2D eigenvalue weighted by Crippen LogP contribution is -2.01. The molecule has 4 heteroatoms. The monoisotopic (exact) mass is 246 g/mol. The molecule has 2 aromatic rings. The van der Waals surface area contributed by atoms with E-state index in [1.807, 2.05) is 13.0 Å². The zero-order valence-electron chi connectivity index (χ0n) is 11.0. The zero-order valence-corrected chi connectivity index (χ0v) is 11.0. The van der Waals surface area contributed by atoms with Crippen molar-refractivity contribution >= 4 is 17.0 Å². The number of esters is 1. The lowest BCUT2D eigenvalue weighted by molar-refractivity contribution is 0.0601. The van der Waals surface area contributed by atoms with Crippen LogP contribution in [-0.2, 0) is 11.2 Å². The lowest BCUT2D eigenvalue weighted by atomic mass is 10.1. The molecule has 0 spiro atoms. The van der Waals surface area contributed by atoms with E-state index in [2.05, 4.69) is 16.9 Å². The predicted octanol–water partition coefficient (Wildman–Crippen LogP) is 3.00. The highest BCUT2D eigenvalue weighted by molar-refractivity contribution is 5.94. The van der Waals surface area contributed by atoms with Crippen LogP contribution in [0.5, 0.6) is 0 Å². The van der Waals surface area contributed by atoms with Crippen LogP contribution in [0.3, 0.4) is 0 Å². The van der Waals surface area contributed by atoms with Gasteiger partial charge in [0.25, 0.3) is 0 Å². The number of benzene rings is 1. The topological polar surface area (TPSA) is 55.0 Å². The molecule has 0 amide bonds. The Morgan fingerprint density at radius 2 is 2.22 bits per heavy atom. The lowest BCUT2D eigenvalue weighted by Gasteiger charge is -2.01. The van der Waals surface area contributed by atoms with Crippen LogP contribution in [0.15, 0.2) is 12.1 Å². The number of H-pyrrole nitrogens is 1. The minimum absolute atomic E-state index is 0.315. The van der Waals surface area contributed by atoms with Gasteiger partial charge in [-0.05, 0) is 31.0 Å². The van der Waals surface area contributed by atoms with E-state index in [1.165, 1.54) is 7.11 Å². The van der Waals surface area contributed by atoms with Crippen molar-refractivity contribution in [3.05, 3.63) is 29.1 Å². The summed E-state index contributed by atoms with van der Waals surface area (Å²) in [6, 6.07) is 3.62. The average molecular weight is 246 g/mol. The maximum atomic E-state index is 11.5. The van der Waals surface area contributed by atoms with Crippen molar-refractivity contribution in [1.82, 2.24) is 9.97 Å². The number of unbranched alkanes of at least 4 members (excludes halogenated alkanes) is 1. The Morgan fingerprint density at radius 3 is 2.89 bits per heavy atom. The number of methoxy groups -OCH3 is 1. The summed E-state index contributed by atoms with van der Waals surface area (Å²) in [6.07, 6.45) is 3.20. The van der Waals surface area contributed by atoms with Crippen molar-refractivity contribution in [3.63, 3.8) is 0 Å². The maximum absolute atomic E-state index is 11.5. The summed E-state index contributed by atoms with van der Waals surface area (Å²) in [7, 11) is 1.39. The van der Waals surface area contributed by atoms with E-state index in [0.717, 1.165) is 41.7 Å². The number of aryl methyl sites for hydroxylation is 2. The molecule has 1 heterocycles. The maximum Gasteiger partial charge on any atom is 0.337 e. The highest BCUT2D eigenvalue weighted by Crippen LogP contribution is 2.20. The van der Waals surface area contributed by atoms with Crippen molar-refractivity contribution in [2.24, 2.45) is 0 Å². The van der Waals surface area contributed by atoms with Gasteiger partial charge in [-0.3, -0.25) is 0 Å². The fourth-order valence-electron chi connectivity index (χ4n) is 2.04. The van der Waals surface area contributed by atoms with Gasteiger partial charge in [0.2, 0.25) is 0 Å². The molecule has 1 N–H and O–H groups in total. The third-order valence-electron chi connectivity index (χ3n) is 3.01. The first kappa shape index (κ1) is 12.6. The van der Waals surface area contributed by atoms with Gasteiger partial charge < -0.3 is 9.72 Å². The molecule has 1 aromatic heterocycles. The second kappa shape index (κ2) is 5.21. The van der Waals surface area contributed by atoms with Gasteiger partial charge in [-0.15, -0.1) is 0 Å². The van der Waals surface area contributed by atoms with Crippen LogP contribution in [0.4, 0.5) is 0 Å². The third kappa shape index (κ3) is 2.37. The highest BCUT2D eigenvalue weighted by Gasteiger charge is 2.11. The molecule has 0 atom stereocenters. The van der Waals surface area contributed by atoms with Crippen molar-refractivity contribution in [2.75, 3.05) is 7.11 Å². The standard InChI is InChI=1S/C14H18N2O2/c1-4-5-6-12-15-11-8-10(14(17)18-3)7-9(2)13(11)16-12/h7-8H,4-6H2,1-3H3,(H,15,16). The van der Waals surface area contributed by atoms with E-state index in [9.17, 15) is 4.79 Å². The number of nitrogens with zero attached hydrogens (tertiary/aromatic N) is 1. The van der Waals surface area contributed by atoms with E-state index in [0.29, 0.717) is 5.56 Å². The molecule has 0 fully saturated rings. The minimum Gasteiger partial charge on any atom is -0.465 e. The summed E-state index contributed by atoms with van der Waals surface area (Å²) < 4.78 is 4.74. The Bertz CT molecular complexity index is 572. The zero-order chi connectivity index (χ0) is 13.1. The quantitative estimate of drug-likeness (QED) is 0.844. The first-order chi connectivity index (χ1) is 8.65. The van der Waals surface area contributed by atoms with Crippen molar-refractivity contribution in [2.45, 2.75) is 33.1 Å². The van der Waals surface area contributed by atoms with Gasteiger partial charge in [0.15, 0.2) is 0 Å². The fourth-order valence-corrected chi connectivity index (χ4v) is 2.04. The number of rotatable bonds is 4. The number of nitrogens with one attached hydrogen (secondary N) is 1. The predicted molar refractivity (Wildman–Crippen MR) is 70.8 cm³/mol. The molecule has 96 valence electrons. The smallest absolute Gasteiger partial charge is 0.337 e. The fraction of sp³-hybridized carbons (Fsp3) is 0.429. The molecule has 0 bridgehead atoms. The Kier molecular flexibility index (Phi) is 3.65. The van der Waals surface area contributed by atoms with Crippen LogP contribution in [0.25, 0.3) is 11.0 Å². The molecule has 0 aliphatic heterocycles. The van der Waals surface area contributed by atoms with Crippen LogP contribution in [0.2, 0.25) is 0 Å². The Hall–Kier alpha value is -1.84. The summed E-state index contributed by atoms with van der Waals surface area (Å²) in [5, 5.41) is 0. The molecule has 0 saturated heterocycles. The SMILES string of the molecule is CCCCc1nc2c(C)cc(C(=O)OC)cc2[nH]1. The second-order valence-electron chi connectivity index (χ2n) is 4.47. The molecule has 0 unspecified atom stereocenters. The molecule has 0 saturated carbocycles. The molecular weight excluding hydrogens is 228 g/mol. The van der Waals surface area contributed by atoms with Crippen LogP contribution in [-0.4, -0.2) is 23.0 Å². The molecule has 1 aromatic carbocycles. The third-order valence-corrected chi connectivity index (χ3v) is 3.01. The van der Waals surface area contributed by atoms with Crippen LogP contribution in [0.1, 0.15) is 41.5 Å². The normalized spacial score (nSPS) is 10.8. The summed E-state index contributed by atoms with van der Waals surface area (Å²) >= 11 is 0. The van der Waals surface area contributed by atoms with Crippen LogP contribution in [0, 0.1) is 6.92 Å². The van der Waals surface area contributed by atoms with E-state index >= 15 is 0 Å². The summed E-state index contributed by atoms with van der Waals surface area (Å²) in [6.45, 7) is 4.11. The second-order valence-corrected chi connectivity index (χ2v) is 4.47. The largest absolute Gasteiger partial charge is 0.465 e. The van der Waals surface area contributed by atoms with Gasteiger partial charge in [-0.1, -0.05) is 13.3 Å². The van der Waals surface area contributed by atoms with Gasteiger partial charge in [0.05, 0.1) is 23.7 Å². The number of aromatic nitrogens is 2. The Balaban J connectivity index is 2.42. The number of ether oxygens (including phenoxy) is 1.